The number of methoxy groups -OCH3 is 1. The third-order valence-electron chi connectivity index (χ3n) is 5.28. The van der Waals surface area contributed by atoms with E-state index in [1.807, 2.05) is 17.7 Å². The molecule has 1 amide bonds. The molecule has 6 nitrogen and oxygen atoms in total. The van der Waals surface area contributed by atoms with Crippen molar-refractivity contribution in [2.75, 3.05) is 59.9 Å². The Hall–Kier alpha value is -0.990. The molecule has 0 aliphatic carbocycles. The number of nitrogens with one attached hydrogen (secondary N) is 1. The summed E-state index contributed by atoms with van der Waals surface area (Å²) in [5, 5.41) is 6.98. The minimum Gasteiger partial charge on any atom is -0.382 e. The molecular weight excluding hydrogens is 426 g/mol. The van der Waals surface area contributed by atoms with Crippen LogP contribution < -0.4 is 5.32 Å². The van der Waals surface area contributed by atoms with Crippen LogP contribution in [0.2, 0.25) is 0 Å². The number of hydrogen-bond acceptors (Lipinski definition) is 6. The van der Waals surface area contributed by atoms with E-state index in [0.717, 1.165) is 37.1 Å². The fourth-order valence-corrected chi connectivity index (χ4v) is 4.15. The maximum atomic E-state index is 12.0. The smallest absolute Gasteiger partial charge is 0.252 e. The fourth-order valence-electron chi connectivity index (χ4n) is 3.32. The maximum Gasteiger partial charge on any atom is 0.252 e. The molecule has 1 N–H and O–H groups in total. The molecule has 7 heteroatoms. The van der Waals surface area contributed by atoms with E-state index >= 15 is 0 Å². The number of carbonyl (C=O) groups is 1. The van der Waals surface area contributed by atoms with Crippen LogP contribution in [0.25, 0.3) is 0 Å². The Morgan fingerprint density at radius 3 is 1.75 bits per heavy atom. The van der Waals surface area contributed by atoms with E-state index in [0.29, 0.717) is 39.6 Å². The Morgan fingerprint density at radius 1 is 0.719 bits per heavy atom. The number of thiophene rings is 1. The average molecular weight is 472 g/mol. The zero-order chi connectivity index (χ0) is 23.1. The molecule has 0 aliphatic rings. The number of carbonyl (C=O) groups excluding carboxylic acids is 1. The largest absolute Gasteiger partial charge is 0.382 e. The number of ether oxygens (including phenoxy) is 4. The van der Waals surface area contributed by atoms with E-state index in [9.17, 15) is 4.79 Å². The van der Waals surface area contributed by atoms with Gasteiger partial charge in [0.1, 0.15) is 0 Å². The van der Waals surface area contributed by atoms with Crippen LogP contribution >= 0.6 is 11.3 Å². The van der Waals surface area contributed by atoms with E-state index < -0.39 is 0 Å². The Balaban J connectivity index is 1.70. The summed E-state index contributed by atoms with van der Waals surface area (Å²) in [5.74, 6) is 0.0713. The fraction of sp³-hybridized carbons (Fsp3) is 0.800. The highest BCUT2D eigenvalue weighted by Gasteiger charge is 2.08. The molecule has 0 fully saturated rings. The number of unbranched alkanes of at least 4 members (excludes halogenated alkanes) is 9. The summed E-state index contributed by atoms with van der Waals surface area (Å²) in [5.41, 5.74) is 1.90. The molecule has 0 spiro atoms. The topological polar surface area (TPSA) is 66.0 Å². The zero-order valence-electron chi connectivity index (χ0n) is 20.3. The second kappa shape index (κ2) is 21.8. The van der Waals surface area contributed by atoms with Gasteiger partial charge in [0.25, 0.3) is 5.91 Å². The lowest BCUT2D eigenvalue weighted by molar-refractivity contribution is 0.00323. The molecule has 0 unspecified atom stereocenters. The van der Waals surface area contributed by atoms with Gasteiger partial charge in [-0.2, -0.15) is 11.3 Å². The summed E-state index contributed by atoms with van der Waals surface area (Å²) < 4.78 is 21.3. The van der Waals surface area contributed by atoms with Crippen molar-refractivity contribution in [2.24, 2.45) is 0 Å². The van der Waals surface area contributed by atoms with E-state index in [1.165, 1.54) is 51.4 Å². The Bertz CT molecular complexity index is 552. The Morgan fingerprint density at radius 2 is 1.22 bits per heavy atom. The Kier molecular flexibility index (Phi) is 19.8. The van der Waals surface area contributed by atoms with Crippen molar-refractivity contribution in [3.05, 3.63) is 21.9 Å². The number of amides is 1. The predicted molar refractivity (Wildman–Crippen MR) is 132 cm³/mol. The summed E-state index contributed by atoms with van der Waals surface area (Å²) in [6.45, 7) is 7.36. The van der Waals surface area contributed by atoms with Crippen LogP contribution in [-0.2, 0) is 18.9 Å². The lowest BCUT2D eigenvalue weighted by Crippen LogP contribution is -2.24. The van der Waals surface area contributed by atoms with Gasteiger partial charge in [0, 0.05) is 25.6 Å². The highest BCUT2D eigenvalue weighted by molar-refractivity contribution is 7.08. The molecular formula is C25H45NO5S. The van der Waals surface area contributed by atoms with E-state index in [2.05, 4.69) is 5.32 Å². The summed E-state index contributed by atoms with van der Waals surface area (Å²) in [4.78, 5) is 12.0. The van der Waals surface area contributed by atoms with Gasteiger partial charge < -0.3 is 24.3 Å². The first-order valence-electron chi connectivity index (χ1n) is 12.3. The second-order valence-corrected chi connectivity index (χ2v) is 8.83. The van der Waals surface area contributed by atoms with Crippen LogP contribution in [-0.4, -0.2) is 65.8 Å². The third kappa shape index (κ3) is 16.6. The van der Waals surface area contributed by atoms with Gasteiger partial charge in [0.15, 0.2) is 0 Å². The molecule has 0 saturated carbocycles. The van der Waals surface area contributed by atoms with Crippen molar-refractivity contribution in [3.63, 3.8) is 0 Å². The van der Waals surface area contributed by atoms with Crippen molar-refractivity contribution >= 4 is 17.2 Å². The van der Waals surface area contributed by atoms with Crippen LogP contribution in [0, 0.1) is 6.92 Å². The van der Waals surface area contributed by atoms with Gasteiger partial charge in [-0.05, 0) is 30.7 Å². The molecule has 1 rings (SSSR count). The molecule has 0 aromatic carbocycles. The Labute approximate surface area is 199 Å². The molecule has 1 aromatic heterocycles. The van der Waals surface area contributed by atoms with E-state index in [1.54, 1.807) is 18.4 Å². The van der Waals surface area contributed by atoms with Gasteiger partial charge >= 0.3 is 0 Å². The molecule has 0 radical (unpaired) electrons. The first kappa shape index (κ1) is 29.0. The number of rotatable bonds is 23. The lowest BCUT2D eigenvalue weighted by Gasteiger charge is -2.07. The lowest BCUT2D eigenvalue weighted by atomic mass is 10.1. The second-order valence-electron chi connectivity index (χ2n) is 8.09. The predicted octanol–water partition coefficient (Wildman–Crippen LogP) is 5.38. The van der Waals surface area contributed by atoms with Crippen LogP contribution in [0.5, 0.6) is 0 Å². The molecule has 0 bridgehead atoms. The third-order valence-corrected chi connectivity index (χ3v) is 6.14. The van der Waals surface area contributed by atoms with Gasteiger partial charge in [-0.25, -0.2) is 0 Å². The molecule has 0 aliphatic heterocycles. The van der Waals surface area contributed by atoms with Crippen LogP contribution in [0.3, 0.4) is 0 Å². The van der Waals surface area contributed by atoms with Crippen LogP contribution in [0.15, 0.2) is 10.8 Å². The van der Waals surface area contributed by atoms with Crippen molar-refractivity contribution in [1.29, 1.82) is 0 Å². The molecule has 0 saturated heterocycles. The first-order valence-corrected chi connectivity index (χ1v) is 13.2. The molecule has 186 valence electrons. The standard InChI is InChI=1S/C25H45NO5S/c1-23-21-32-22-24(23)25(27)26-13-11-9-7-5-3-4-6-8-10-12-14-29-17-18-31-20-19-30-16-15-28-2/h21-22H,3-20H2,1-2H3,(H,26,27). The SMILES string of the molecule is COCCOCCOCCOCCCCCCCCCCCCNC(=O)c1cscc1C. The summed E-state index contributed by atoms with van der Waals surface area (Å²) in [7, 11) is 1.67. The highest BCUT2D eigenvalue weighted by atomic mass is 32.1. The monoisotopic (exact) mass is 471 g/mol. The highest BCUT2D eigenvalue weighted by Crippen LogP contribution is 2.13. The molecule has 1 heterocycles. The first-order chi connectivity index (χ1) is 15.8. The average Bonchev–Trinajstić information content (AvgIpc) is 3.23. The van der Waals surface area contributed by atoms with Gasteiger partial charge in [-0.1, -0.05) is 51.4 Å². The minimum absolute atomic E-state index is 0.0713. The zero-order valence-corrected chi connectivity index (χ0v) is 21.1. The summed E-state index contributed by atoms with van der Waals surface area (Å²) in [6, 6.07) is 0. The van der Waals surface area contributed by atoms with Crippen molar-refractivity contribution < 1.29 is 23.7 Å². The van der Waals surface area contributed by atoms with Gasteiger partial charge in [0.2, 0.25) is 0 Å². The molecule has 1 aromatic rings. The van der Waals surface area contributed by atoms with Gasteiger partial charge in [-0.3, -0.25) is 4.79 Å². The van der Waals surface area contributed by atoms with Crippen molar-refractivity contribution in [1.82, 2.24) is 5.32 Å². The van der Waals surface area contributed by atoms with E-state index in [4.69, 9.17) is 18.9 Å². The quantitative estimate of drug-likeness (QED) is 0.217. The van der Waals surface area contributed by atoms with Crippen LogP contribution in [0.4, 0.5) is 0 Å². The number of hydrogen-bond donors (Lipinski definition) is 1. The van der Waals surface area contributed by atoms with Crippen molar-refractivity contribution in [2.45, 2.75) is 71.1 Å². The van der Waals surface area contributed by atoms with Gasteiger partial charge in [0.05, 0.1) is 45.2 Å². The number of aryl methyl sites for hydroxylation is 1. The molecule has 0 atom stereocenters. The molecule has 32 heavy (non-hydrogen) atoms. The maximum absolute atomic E-state index is 12.0. The van der Waals surface area contributed by atoms with Gasteiger partial charge in [-0.15, -0.1) is 0 Å². The minimum atomic E-state index is 0.0713. The summed E-state index contributed by atoms with van der Waals surface area (Å²) in [6.07, 6.45) is 12.5. The van der Waals surface area contributed by atoms with Crippen molar-refractivity contribution in [3.8, 4) is 0 Å². The van der Waals surface area contributed by atoms with Crippen LogP contribution in [0.1, 0.15) is 80.1 Å². The van der Waals surface area contributed by atoms with E-state index in [-0.39, 0.29) is 5.91 Å². The normalized spacial score (nSPS) is 11.2. The summed E-state index contributed by atoms with van der Waals surface area (Å²) >= 11 is 1.58.